The van der Waals surface area contributed by atoms with Gasteiger partial charge in [-0.1, -0.05) is 17.7 Å². The van der Waals surface area contributed by atoms with E-state index < -0.39 is 11.6 Å². The molecule has 6 nitrogen and oxygen atoms in total. The molecular formula is C21H21Cl2F2N5O. The van der Waals surface area contributed by atoms with Crippen LogP contribution in [0.3, 0.4) is 0 Å². The lowest BCUT2D eigenvalue weighted by Gasteiger charge is -2.33. The quantitative estimate of drug-likeness (QED) is 0.613. The molecule has 1 aliphatic rings. The van der Waals surface area contributed by atoms with Gasteiger partial charge in [0.1, 0.15) is 5.69 Å². The minimum atomic E-state index is -0.885. The van der Waals surface area contributed by atoms with Gasteiger partial charge >= 0.3 is 0 Å². The first-order chi connectivity index (χ1) is 14.4. The van der Waals surface area contributed by atoms with Crippen LogP contribution in [0.25, 0.3) is 11.4 Å². The highest BCUT2D eigenvalue weighted by Gasteiger charge is 2.28. The number of aromatic nitrogens is 3. The Morgan fingerprint density at radius 1 is 1.23 bits per heavy atom. The molecule has 3 heterocycles. The molecule has 0 saturated carbocycles. The summed E-state index contributed by atoms with van der Waals surface area (Å²) < 4.78 is 28.6. The van der Waals surface area contributed by atoms with Crippen LogP contribution in [0.2, 0.25) is 5.02 Å². The van der Waals surface area contributed by atoms with Crippen molar-refractivity contribution in [3.8, 4) is 11.4 Å². The fourth-order valence-electron chi connectivity index (χ4n) is 3.77. The van der Waals surface area contributed by atoms with Gasteiger partial charge in [-0.2, -0.15) is 5.10 Å². The molecule has 1 aromatic carbocycles. The molecule has 10 heteroatoms. The summed E-state index contributed by atoms with van der Waals surface area (Å²) in [5, 5.41) is 10.8. The van der Waals surface area contributed by atoms with Crippen LogP contribution in [0.4, 0.5) is 8.78 Å². The van der Waals surface area contributed by atoms with Crippen molar-refractivity contribution in [3.05, 3.63) is 70.5 Å². The van der Waals surface area contributed by atoms with Crippen molar-refractivity contribution in [3.63, 3.8) is 0 Å². The standard InChI is InChI=1S/C21H20ClF2N5O.ClH/c1-29-20(15(22)10-27-29)18-5-3-13(9-26-18)21(30)28-19-11-25-7-6-14(19)12-2-4-16(23)17(24)8-12;/h2-5,8-10,14,19,25H,6-7,11H2,1H3,(H,28,30);1H/t14-,19+;/m0./s1. The number of amides is 1. The normalized spacial score (nSPS) is 18.3. The Bertz CT molecular complexity index is 1050. The van der Waals surface area contributed by atoms with E-state index in [9.17, 15) is 13.6 Å². The van der Waals surface area contributed by atoms with Crippen LogP contribution < -0.4 is 10.6 Å². The molecule has 0 spiro atoms. The van der Waals surface area contributed by atoms with Crippen LogP contribution in [0.1, 0.15) is 28.3 Å². The monoisotopic (exact) mass is 467 g/mol. The van der Waals surface area contributed by atoms with Gasteiger partial charge in [0.05, 0.1) is 22.5 Å². The first-order valence-corrected chi connectivity index (χ1v) is 9.92. The third-order valence-electron chi connectivity index (χ3n) is 5.33. The largest absolute Gasteiger partial charge is 0.347 e. The predicted octanol–water partition coefficient (Wildman–Crippen LogP) is 3.71. The first-order valence-electron chi connectivity index (χ1n) is 9.54. The Labute approximate surface area is 189 Å². The summed E-state index contributed by atoms with van der Waals surface area (Å²) in [4.78, 5) is 17.1. The van der Waals surface area contributed by atoms with E-state index in [1.54, 1.807) is 29.9 Å². The van der Waals surface area contributed by atoms with Crippen molar-refractivity contribution in [2.45, 2.75) is 18.4 Å². The molecule has 0 unspecified atom stereocenters. The lowest BCUT2D eigenvalue weighted by molar-refractivity contribution is 0.0924. The molecule has 2 atom stereocenters. The number of halogens is 4. The number of hydrogen-bond acceptors (Lipinski definition) is 4. The van der Waals surface area contributed by atoms with Gasteiger partial charge in [-0.3, -0.25) is 14.5 Å². The molecule has 1 fully saturated rings. The second kappa shape index (κ2) is 9.72. The fraction of sp³-hybridized carbons (Fsp3) is 0.286. The van der Waals surface area contributed by atoms with E-state index in [-0.39, 0.29) is 30.3 Å². The number of carbonyl (C=O) groups is 1. The minimum Gasteiger partial charge on any atom is -0.347 e. The van der Waals surface area contributed by atoms with Crippen molar-refractivity contribution >= 4 is 29.9 Å². The molecule has 31 heavy (non-hydrogen) atoms. The maximum Gasteiger partial charge on any atom is 0.253 e. The Kier molecular flexibility index (Phi) is 7.25. The van der Waals surface area contributed by atoms with Crippen molar-refractivity contribution < 1.29 is 13.6 Å². The molecule has 1 saturated heterocycles. The van der Waals surface area contributed by atoms with Crippen molar-refractivity contribution in [1.82, 2.24) is 25.4 Å². The lowest BCUT2D eigenvalue weighted by Crippen LogP contribution is -2.50. The zero-order valence-electron chi connectivity index (χ0n) is 16.6. The average Bonchev–Trinajstić information content (AvgIpc) is 3.08. The number of aryl methyl sites for hydroxylation is 1. The number of pyridine rings is 1. The maximum atomic E-state index is 13.7. The van der Waals surface area contributed by atoms with E-state index in [1.165, 1.54) is 18.5 Å². The number of benzene rings is 1. The molecule has 0 bridgehead atoms. The molecular weight excluding hydrogens is 447 g/mol. The lowest BCUT2D eigenvalue weighted by atomic mass is 9.86. The minimum absolute atomic E-state index is 0. The second-order valence-corrected chi connectivity index (χ2v) is 7.66. The van der Waals surface area contributed by atoms with E-state index >= 15 is 0 Å². The molecule has 0 radical (unpaired) electrons. The predicted molar refractivity (Wildman–Crippen MR) is 117 cm³/mol. The number of nitrogens with one attached hydrogen (secondary N) is 2. The number of hydrogen-bond donors (Lipinski definition) is 2. The number of nitrogens with zero attached hydrogens (tertiary/aromatic N) is 3. The highest BCUT2D eigenvalue weighted by atomic mass is 35.5. The van der Waals surface area contributed by atoms with Gasteiger partial charge in [0, 0.05) is 31.7 Å². The third kappa shape index (κ3) is 4.87. The van der Waals surface area contributed by atoms with E-state index in [2.05, 4.69) is 20.7 Å². The smallest absolute Gasteiger partial charge is 0.253 e. The molecule has 1 amide bonds. The van der Waals surface area contributed by atoms with Crippen LogP contribution in [-0.4, -0.2) is 39.8 Å². The summed E-state index contributed by atoms with van der Waals surface area (Å²) in [6.45, 7) is 1.27. The highest BCUT2D eigenvalue weighted by Crippen LogP contribution is 2.28. The first kappa shape index (κ1) is 23.1. The Hall–Kier alpha value is -2.55. The Morgan fingerprint density at radius 2 is 2.03 bits per heavy atom. The fourth-order valence-corrected chi connectivity index (χ4v) is 4.03. The number of carbonyl (C=O) groups excluding carboxylic acids is 1. The van der Waals surface area contributed by atoms with Crippen LogP contribution in [0.15, 0.2) is 42.7 Å². The zero-order chi connectivity index (χ0) is 21.3. The van der Waals surface area contributed by atoms with E-state index in [0.29, 0.717) is 40.5 Å². The molecule has 0 aliphatic carbocycles. The Morgan fingerprint density at radius 3 is 2.68 bits per heavy atom. The molecule has 4 rings (SSSR count). The molecule has 2 N–H and O–H groups in total. The summed E-state index contributed by atoms with van der Waals surface area (Å²) in [7, 11) is 1.76. The molecule has 164 valence electrons. The number of rotatable bonds is 4. The van der Waals surface area contributed by atoms with Crippen LogP contribution in [-0.2, 0) is 7.05 Å². The summed E-state index contributed by atoms with van der Waals surface area (Å²) in [6.07, 6.45) is 3.72. The van der Waals surface area contributed by atoms with Gasteiger partial charge < -0.3 is 10.6 Å². The molecule has 3 aromatic rings. The van der Waals surface area contributed by atoms with Gasteiger partial charge in [0.15, 0.2) is 11.6 Å². The van der Waals surface area contributed by atoms with Gasteiger partial charge in [0.2, 0.25) is 0 Å². The molecule has 1 aliphatic heterocycles. The average molecular weight is 468 g/mol. The summed E-state index contributed by atoms with van der Waals surface area (Å²) in [5.41, 5.74) is 2.33. The second-order valence-electron chi connectivity index (χ2n) is 7.25. The van der Waals surface area contributed by atoms with Crippen LogP contribution in [0.5, 0.6) is 0 Å². The van der Waals surface area contributed by atoms with Crippen LogP contribution in [0, 0.1) is 11.6 Å². The zero-order valence-corrected chi connectivity index (χ0v) is 18.2. The van der Waals surface area contributed by atoms with Gasteiger partial charge in [0.25, 0.3) is 5.91 Å². The highest BCUT2D eigenvalue weighted by molar-refractivity contribution is 6.32. The SMILES string of the molecule is Cl.Cn1ncc(Cl)c1-c1ccc(C(=O)N[C@@H]2CNCC[C@H]2c2ccc(F)c(F)c2)cn1. The van der Waals surface area contributed by atoms with Crippen molar-refractivity contribution in [2.24, 2.45) is 7.05 Å². The summed E-state index contributed by atoms with van der Waals surface area (Å²) in [5.74, 6) is -2.17. The third-order valence-corrected chi connectivity index (χ3v) is 5.61. The summed E-state index contributed by atoms with van der Waals surface area (Å²) in [6, 6.07) is 7.02. The maximum absolute atomic E-state index is 13.7. The van der Waals surface area contributed by atoms with Crippen molar-refractivity contribution in [2.75, 3.05) is 13.1 Å². The van der Waals surface area contributed by atoms with Crippen molar-refractivity contribution in [1.29, 1.82) is 0 Å². The number of piperidine rings is 1. The Balaban J connectivity index is 0.00000272. The van der Waals surface area contributed by atoms with E-state index in [4.69, 9.17) is 11.6 Å². The van der Waals surface area contributed by atoms with Gasteiger partial charge in [-0.05, 0) is 42.8 Å². The summed E-state index contributed by atoms with van der Waals surface area (Å²) >= 11 is 6.15. The van der Waals surface area contributed by atoms with Crippen LogP contribution >= 0.6 is 24.0 Å². The van der Waals surface area contributed by atoms with Gasteiger partial charge in [-0.15, -0.1) is 12.4 Å². The molecule has 2 aromatic heterocycles. The van der Waals surface area contributed by atoms with E-state index in [1.807, 2.05) is 0 Å². The van der Waals surface area contributed by atoms with E-state index in [0.717, 1.165) is 12.6 Å². The topological polar surface area (TPSA) is 71.8 Å². The van der Waals surface area contributed by atoms with Gasteiger partial charge in [-0.25, -0.2) is 8.78 Å².